The highest BCUT2D eigenvalue weighted by atomic mass is 32.1. The SMILES string of the molecule is Cc1nn(C)cc1NC(=O)c1ccc(C#CCCO)s1. The molecule has 0 aliphatic rings. The molecule has 2 aromatic heterocycles. The van der Waals surface area contributed by atoms with Gasteiger partial charge in [-0.05, 0) is 19.1 Å². The number of aromatic nitrogens is 2. The van der Waals surface area contributed by atoms with Crippen LogP contribution >= 0.6 is 11.3 Å². The fourth-order valence-electron chi connectivity index (χ4n) is 1.64. The van der Waals surface area contributed by atoms with Crippen molar-refractivity contribution >= 4 is 22.9 Å². The van der Waals surface area contributed by atoms with Crippen molar-refractivity contribution in [1.29, 1.82) is 0 Å². The number of nitrogens with one attached hydrogen (secondary N) is 1. The summed E-state index contributed by atoms with van der Waals surface area (Å²) in [5, 5.41) is 15.7. The zero-order valence-electron chi connectivity index (χ0n) is 11.3. The van der Waals surface area contributed by atoms with Crippen LogP contribution in [-0.2, 0) is 7.05 Å². The molecule has 0 spiro atoms. The average molecular weight is 289 g/mol. The van der Waals surface area contributed by atoms with Gasteiger partial charge in [-0.15, -0.1) is 11.3 Å². The minimum absolute atomic E-state index is 0.0476. The molecular formula is C14H15N3O2S. The van der Waals surface area contributed by atoms with Gasteiger partial charge in [0.25, 0.3) is 5.91 Å². The van der Waals surface area contributed by atoms with Gasteiger partial charge in [-0.1, -0.05) is 11.8 Å². The molecule has 5 nitrogen and oxygen atoms in total. The first-order valence-corrected chi connectivity index (χ1v) is 6.93. The monoisotopic (exact) mass is 289 g/mol. The Hall–Kier alpha value is -2.10. The number of aliphatic hydroxyl groups is 1. The Kier molecular flexibility index (Phi) is 4.56. The van der Waals surface area contributed by atoms with Gasteiger partial charge in [-0.25, -0.2) is 0 Å². The Morgan fingerprint density at radius 3 is 3.00 bits per heavy atom. The van der Waals surface area contributed by atoms with Crippen LogP contribution in [0.2, 0.25) is 0 Å². The standard InChI is InChI=1S/C14H15N3O2S/c1-10-12(9-17(2)16-10)15-14(19)13-7-6-11(20-13)5-3-4-8-18/h6-7,9,18H,4,8H2,1-2H3,(H,15,19). The summed E-state index contributed by atoms with van der Waals surface area (Å²) >= 11 is 1.33. The number of hydrogen-bond acceptors (Lipinski definition) is 4. The number of nitrogens with zero attached hydrogens (tertiary/aromatic N) is 2. The van der Waals surface area contributed by atoms with E-state index in [0.717, 1.165) is 10.6 Å². The zero-order chi connectivity index (χ0) is 14.5. The van der Waals surface area contributed by atoms with Gasteiger partial charge in [-0.2, -0.15) is 5.10 Å². The Morgan fingerprint density at radius 2 is 2.35 bits per heavy atom. The minimum Gasteiger partial charge on any atom is -0.395 e. The molecular weight excluding hydrogens is 274 g/mol. The lowest BCUT2D eigenvalue weighted by Gasteiger charge is -2.00. The van der Waals surface area contributed by atoms with E-state index in [4.69, 9.17) is 5.11 Å². The van der Waals surface area contributed by atoms with E-state index in [1.807, 2.05) is 14.0 Å². The summed E-state index contributed by atoms with van der Waals surface area (Å²) in [4.78, 5) is 13.5. The molecule has 0 saturated heterocycles. The number of hydrogen-bond donors (Lipinski definition) is 2. The second kappa shape index (κ2) is 6.37. The quantitative estimate of drug-likeness (QED) is 0.846. The van der Waals surface area contributed by atoms with E-state index in [1.54, 1.807) is 23.0 Å². The molecule has 20 heavy (non-hydrogen) atoms. The van der Waals surface area contributed by atoms with Crippen molar-refractivity contribution in [2.75, 3.05) is 11.9 Å². The molecule has 0 fully saturated rings. The number of anilines is 1. The van der Waals surface area contributed by atoms with Gasteiger partial charge in [0.2, 0.25) is 0 Å². The highest BCUT2D eigenvalue weighted by Gasteiger charge is 2.11. The first kappa shape index (κ1) is 14.3. The van der Waals surface area contributed by atoms with E-state index < -0.39 is 0 Å². The number of rotatable bonds is 3. The summed E-state index contributed by atoms with van der Waals surface area (Å²) < 4.78 is 1.66. The highest BCUT2D eigenvalue weighted by molar-refractivity contribution is 7.14. The molecule has 6 heteroatoms. The third-order valence-corrected chi connectivity index (χ3v) is 3.54. The van der Waals surface area contributed by atoms with Gasteiger partial charge >= 0.3 is 0 Å². The Balaban J connectivity index is 2.07. The Morgan fingerprint density at radius 1 is 1.55 bits per heavy atom. The molecule has 2 N–H and O–H groups in total. The molecule has 2 heterocycles. The zero-order valence-corrected chi connectivity index (χ0v) is 12.1. The third kappa shape index (κ3) is 3.47. The van der Waals surface area contributed by atoms with E-state index in [-0.39, 0.29) is 12.5 Å². The molecule has 1 amide bonds. The second-order valence-corrected chi connectivity index (χ2v) is 5.28. The van der Waals surface area contributed by atoms with E-state index in [9.17, 15) is 4.79 Å². The maximum absolute atomic E-state index is 12.1. The lowest BCUT2D eigenvalue weighted by Crippen LogP contribution is -2.10. The maximum atomic E-state index is 12.1. The first-order valence-electron chi connectivity index (χ1n) is 6.11. The highest BCUT2D eigenvalue weighted by Crippen LogP contribution is 2.18. The fraction of sp³-hybridized carbons (Fsp3) is 0.286. The smallest absolute Gasteiger partial charge is 0.265 e. The van der Waals surface area contributed by atoms with Gasteiger partial charge in [-0.3, -0.25) is 9.48 Å². The lowest BCUT2D eigenvalue weighted by atomic mass is 10.3. The molecule has 0 atom stereocenters. The Labute approximate surface area is 121 Å². The molecule has 0 bridgehead atoms. The number of carbonyl (C=O) groups is 1. The van der Waals surface area contributed by atoms with Crippen LogP contribution in [0, 0.1) is 18.8 Å². The van der Waals surface area contributed by atoms with Crippen LogP contribution in [0.25, 0.3) is 0 Å². The van der Waals surface area contributed by atoms with Crippen LogP contribution in [0.1, 0.15) is 26.7 Å². The number of aryl methyl sites for hydroxylation is 2. The molecule has 0 saturated carbocycles. The largest absolute Gasteiger partial charge is 0.395 e. The summed E-state index contributed by atoms with van der Waals surface area (Å²) in [6.45, 7) is 1.89. The summed E-state index contributed by atoms with van der Waals surface area (Å²) in [5.74, 6) is 5.58. The Bertz CT molecular complexity index is 676. The van der Waals surface area contributed by atoms with E-state index in [1.165, 1.54) is 11.3 Å². The summed E-state index contributed by atoms with van der Waals surface area (Å²) in [5.41, 5.74) is 1.49. The maximum Gasteiger partial charge on any atom is 0.265 e. The molecule has 0 aromatic carbocycles. The van der Waals surface area contributed by atoms with Gasteiger partial charge < -0.3 is 10.4 Å². The molecule has 104 valence electrons. The summed E-state index contributed by atoms with van der Waals surface area (Å²) in [6, 6.07) is 3.55. The molecule has 2 aromatic rings. The minimum atomic E-state index is -0.165. The van der Waals surface area contributed by atoms with Gasteiger partial charge in [0.1, 0.15) is 0 Å². The van der Waals surface area contributed by atoms with Crippen LogP contribution in [0.4, 0.5) is 5.69 Å². The van der Waals surface area contributed by atoms with Crippen molar-refractivity contribution in [3.63, 3.8) is 0 Å². The van der Waals surface area contributed by atoms with E-state index >= 15 is 0 Å². The molecule has 2 rings (SSSR count). The topological polar surface area (TPSA) is 67.2 Å². The fourth-order valence-corrected chi connectivity index (χ4v) is 2.41. The van der Waals surface area contributed by atoms with Crippen LogP contribution in [0.5, 0.6) is 0 Å². The molecule has 0 unspecified atom stereocenters. The van der Waals surface area contributed by atoms with Gasteiger partial charge in [0.05, 0.1) is 27.7 Å². The van der Waals surface area contributed by atoms with Crippen LogP contribution < -0.4 is 5.32 Å². The van der Waals surface area contributed by atoms with Crippen molar-refractivity contribution in [1.82, 2.24) is 9.78 Å². The van der Waals surface area contributed by atoms with Crippen LogP contribution in [0.15, 0.2) is 18.3 Å². The normalized spacial score (nSPS) is 9.95. The number of thiophene rings is 1. The average Bonchev–Trinajstić information content (AvgIpc) is 2.97. The number of aliphatic hydroxyl groups excluding tert-OH is 1. The molecule has 0 aliphatic carbocycles. The van der Waals surface area contributed by atoms with Gasteiger partial charge in [0, 0.05) is 19.7 Å². The van der Waals surface area contributed by atoms with Crippen molar-refractivity contribution in [3.05, 3.63) is 33.8 Å². The van der Waals surface area contributed by atoms with E-state index in [0.29, 0.717) is 17.0 Å². The third-order valence-electron chi connectivity index (χ3n) is 2.54. The molecule has 0 aliphatic heterocycles. The van der Waals surface area contributed by atoms with Crippen LogP contribution in [0.3, 0.4) is 0 Å². The predicted molar refractivity (Wildman–Crippen MR) is 78.8 cm³/mol. The van der Waals surface area contributed by atoms with E-state index in [2.05, 4.69) is 22.3 Å². The number of amides is 1. The lowest BCUT2D eigenvalue weighted by molar-refractivity contribution is 0.103. The predicted octanol–water partition coefficient (Wildman–Crippen LogP) is 1.78. The van der Waals surface area contributed by atoms with Crippen molar-refractivity contribution in [2.24, 2.45) is 7.05 Å². The van der Waals surface area contributed by atoms with Crippen molar-refractivity contribution in [3.8, 4) is 11.8 Å². The van der Waals surface area contributed by atoms with Crippen molar-refractivity contribution in [2.45, 2.75) is 13.3 Å². The van der Waals surface area contributed by atoms with Crippen molar-refractivity contribution < 1.29 is 9.90 Å². The summed E-state index contributed by atoms with van der Waals surface area (Å²) in [7, 11) is 1.81. The number of carbonyl (C=O) groups excluding carboxylic acids is 1. The first-order chi connectivity index (χ1) is 9.60. The second-order valence-electron chi connectivity index (χ2n) is 4.20. The summed E-state index contributed by atoms with van der Waals surface area (Å²) in [6.07, 6.45) is 2.21. The van der Waals surface area contributed by atoms with Crippen LogP contribution in [-0.4, -0.2) is 27.4 Å². The van der Waals surface area contributed by atoms with Gasteiger partial charge in [0.15, 0.2) is 0 Å². The molecule has 0 radical (unpaired) electrons.